The van der Waals surface area contributed by atoms with Crippen LogP contribution in [0.5, 0.6) is 0 Å². The molecule has 0 rings (SSSR count). The first-order valence-electron chi connectivity index (χ1n) is 17.3. The summed E-state index contributed by atoms with van der Waals surface area (Å²) >= 11 is 0. The van der Waals surface area contributed by atoms with Gasteiger partial charge >= 0.3 is 7.82 Å². The van der Waals surface area contributed by atoms with E-state index in [0.717, 1.165) is 25.7 Å². The van der Waals surface area contributed by atoms with E-state index in [0.29, 0.717) is 24.2 Å². The number of quaternary nitrogens is 1. The highest BCUT2D eigenvalue weighted by Crippen LogP contribution is 2.43. The molecule has 0 saturated carbocycles. The van der Waals surface area contributed by atoms with Gasteiger partial charge in [0.2, 0.25) is 0 Å². The van der Waals surface area contributed by atoms with Gasteiger partial charge in [-0.2, -0.15) is 0 Å². The average Bonchev–Trinajstić information content (AvgIpc) is 2.90. The molecule has 1 N–H and O–H groups in total. The molecule has 0 aliphatic carbocycles. The van der Waals surface area contributed by atoms with Crippen molar-refractivity contribution in [1.29, 1.82) is 0 Å². The lowest BCUT2D eigenvalue weighted by Crippen LogP contribution is -2.37. The van der Waals surface area contributed by atoms with Gasteiger partial charge in [0.1, 0.15) is 19.3 Å². The zero-order valence-electron chi connectivity index (χ0n) is 29.3. The molecule has 0 aliphatic heterocycles. The Morgan fingerprint density at radius 3 is 1.60 bits per heavy atom. The molecule has 2 atom stereocenters. The lowest BCUT2D eigenvalue weighted by Gasteiger charge is -2.28. The predicted octanol–water partition coefficient (Wildman–Crippen LogP) is 9.79. The Balaban J connectivity index is 3.77. The number of unbranched alkanes of at least 4 members (excludes halogenated alkanes) is 14. The zero-order chi connectivity index (χ0) is 32.3. The van der Waals surface area contributed by atoms with Crippen molar-refractivity contribution in [1.82, 2.24) is 0 Å². The van der Waals surface area contributed by atoms with Crippen LogP contribution in [-0.2, 0) is 23.1 Å². The van der Waals surface area contributed by atoms with E-state index < -0.39 is 19.5 Å². The summed E-state index contributed by atoms with van der Waals surface area (Å²) in [6.07, 6.45) is 30.7. The molecule has 43 heavy (non-hydrogen) atoms. The minimum atomic E-state index is -4.13. The highest BCUT2D eigenvalue weighted by molar-refractivity contribution is 7.47. The van der Waals surface area contributed by atoms with Gasteiger partial charge in [0, 0.05) is 6.61 Å². The number of hydrogen-bond donors (Lipinski definition) is 1. The summed E-state index contributed by atoms with van der Waals surface area (Å²) in [5, 5.41) is 0. The van der Waals surface area contributed by atoms with Gasteiger partial charge in [0.15, 0.2) is 0 Å². The molecule has 0 saturated heterocycles. The minimum Gasteiger partial charge on any atom is -0.379 e. The third-order valence-electron chi connectivity index (χ3n) is 6.97. The van der Waals surface area contributed by atoms with Crippen molar-refractivity contribution in [2.75, 3.05) is 54.1 Å². The number of ether oxygens (including phenoxy) is 2. The van der Waals surface area contributed by atoms with Crippen LogP contribution in [0.1, 0.15) is 137 Å². The standard InChI is InChI=1S/C35H70NO6P/c1-8-9-10-11-12-13-14-15-16-17-18-19-20-21-22-23-24-25-26-27-28-30-39-32-34(42-35(2,3)4)33-41-43(37,38)40-31-29-36(5,6)7/h11-12,23-24,34H,8-10,13-22,25-33H2,1-7H3/p+1/t34-/m1/s1. The maximum atomic E-state index is 12.2. The highest BCUT2D eigenvalue weighted by atomic mass is 31.2. The van der Waals surface area contributed by atoms with E-state index in [1.165, 1.54) is 83.5 Å². The Morgan fingerprint density at radius 2 is 1.14 bits per heavy atom. The molecule has 0 amide bonds. The van der Waals surface area contributed by atoms with E-state index in [1.807, 2.05) is 41.9 Å². The second kappa shape index (κ2) is 26.7. The van der Waals surface area contributed by atoms with Crippen LogP contribution in [0.2, 0.25) is 0 Å². The molecule has 8 heteroatoms. The number of nitrogens with zero attached hydrogens (tertiary/aromatic N) is 1. The van der Waals surface area contributed by atoms with Gasteiger partial charge in [-0.25, -0.2) is 4.57 Å². The monoisotopic (exact) mass is 633 g/mol. The van der Waals surface area contributed by atoms with E-state index in [2.05, 4.69) is 31.2 Å². The van der Waals surface area contributed by atoms with E-state index in [1.54, 1.807) is 0 Å². The van der Waals surface area contributed by atoms with Gasteiger partial charge in [-0.3, -0.25) is 9.05 Å². The van der Waals surface area contributed by atoms with Crippen molar-refractivity contribution in [2.45, 2.75) is 149 Å². The summed E-state index contributed by atoms with van der Waals surface area (Å²) in [5.74, 6) is 0. The molecule has 256 valence electrons. The van der Waals surface area contributed by atoms with Gasteiger partial charge in [-0.15, -0.1) is 0 Å². The third-order valence-corrected chi connectivity index (χ3v) is 7.96. The van der Waals surface area contributed by atoms with Crippen LogP contribution in [0, 0.1) is 0 Å². The number of rotatable bonds is 30. The molecule has 0 spiro atoms. The molecule has 7 nitrogen and oxygen atoms in total. The Hall–Kier alpha value is -0.530. The van der Waals surface area contributed by atoms with Gasteiger partial charge in [0.05, 0.1) is 40.0 Å². The van der Waals surface area contributed by atoms with Crippen molar-refractivity contribution in [2.24, 2.45) is 0 Å². The van der Waals surface area contributed by atoms with Crippen LogP contribution in [0.3, 0.4) is 0 Å². The van der Waals surface area contributed by atoms with Crippen molar-refractivity contribution in [3.63, 3.8) is 0 Å². The van der Waals surface area contributed by atoms with Gasteiger partial charge in [0.25, 0.3) is 0 Å². The molecule has 0 aliphatic rings. The fourth-order valence-corrected chi connectivity index (χ4v) is 5.24. The number of phosphoric acid groups is 1. The summed E-state index contributed by atoms with van der Waals surface area (Å²) in [6.45, 7) is 9.73. The van der Waals surface area contributed by atoms with Gasteiger partial charge in [-0.1, -0.05) is 89.0 Å². The second-order valence-corrected chi connectivity index (χ2v) is 15.3. The van der Waals surface area contributed by atoms with Crippen LogP contribution < -0.4 is 0 Å². The molecular formula is C35H71NO6P+. The van der Waals surface area contributed by atoms with Crippen molar-refractivity contribution in [3.8, 4) is 0 Å². The smallest absolute Gasteiger partial charge is 0.379 e. The number of allylic oxidation sites excluding steroid dienone is 4. The van der Waals surface area contributed by atoms with E-state index in [-0.39, 0.29) is 13.2 Å². The zero-order valence-corrected chi connectivity index (χ0v) is 30.2. The third kappa shape index (κ3) is 34.2. The summed E-state index contributed by atoms with van der Waals surface area (Å²) in [5.41, 5.74) is -0.418. The SMILES string of the molecule is CCCCC=CCCCCCCCCCCC=CCCCCCOC[C@H](COP(=O)(O)OCC[N+](C)(C)C)OC(C)(C)C. The minimum absolute atomic E-state index is 0.0580. The Kier molecular flexibility index (Phi) is 26.3. The topological polar surface area (TPSA) is 74.2 Å². The highest BCUT2D eigenvalue weighted by Gasteiger charge is 2.27. The number of hydrogen-bond acceptors (Lipinski definition) is 5. The molecule has 0 aromatic heterocycles. The molecule has 0 aromatic carbocycles. The molecule has 1 unspecified atom stereocenters. The van der Waals surface area contributed by atoms with Gasteiger partial charge < -0.3 is 18.9 Å². The lowest BCUT2D eigenvalue weighted by atomic mass is 10.1. The second-order valence-electron chi connectivity index (χ2n) is 13.9. The first-order chi connectivity index (χ1) is 20.3. The van der Waals surface area contributed by atoms with Gasteiger partial charge in [-0.05, 0) is 72.1 Å². The Morgan fingerprint density at radius 1 is 0.674 bits per heavy atom. The van der Waals surface area contributed by atoms with Crippen molar-refractivity contribution >= 4 is 7.82 Å². The average molecular weight is 633 g/mol. The summed E-state index contributed by atoms with van der Waals surface area (Å²) in [6, 6.07) is 0. The quantitative estimate of drug-likeness (QED) is 0.0368. The van der Waals surface area contributed by atoms with Crippen LogP contribution in [0.15, 0.2) is 24.3 Å². The fourth-order valence-electron chi connectivity index (χ4n) is 4.50. The molecule has 0 fully saturated rings. The first kappa shape index (κ1) is 42.5. The van der Waals surface area contributed by atoms with Crippen LogP contribution in [-0.4, -0.2) is 75.2 Å². The maximum absolute atomic E-state index is 12.2. The molecule has 0 heterocycles. The van der Waals surface area contributed by atoms with Crippen LogP contribution >= 0.6 is 7.82 Å². The lowest BCUT2D eigenvalue weighted by molar-refractivity contribution is -0.870. The summed E-state index contributed by atoms with van der Waals surface area (Å²) in [4.78, 5) is 10.0. The molecule has 0 aromatic rings. The predicted molar refractivity (Wildman–Crippen MR) is 183 cm³/mol. The van der Waals surface area contributed by atoms with E-state index in [4.69, 9.17) is 18.5 Å². The number of phosphoric ester groups is 1. The summed E-state index contributed by atoms with van der Waals surface area (Å²) < 4.78 is 35.0. The molecule has 0 bridgehead atoms. The van der Waals surface area contributed by atoms with Crippen molar-refractivity contribution in [3.05, 3.63) is 24.3 Å². The van der Waals surface area contributed by atoms with Crippen LogP contribution in [0.25, 0.3) is 0 Å². The molecular weight excluding hydrogens is 561 g/mol. The Labute approximate surface area is 267 Å². The largest absolute Gasteiger partial charge is 0.472 e. The maximum Gasteiger partial charge on any atom is 0.472 e. The number of likely N-dealkylation sites (N-methyl/N-ethyl adjacent to an activating group) is 1. The fraction of sp³-hybridized carbons (Fsp3) is 0.886. The first-order valence-corrected chi connectivity index (χ1v) is 18.8. The Bertz CT molecular complexity index is 729. The van der Waals surface area contributed by atoms with E-state index in [9.17, 15) is 9.46 Å². The molecule has 0 radical (unpaired) electrons. The van der Waals surface area contributed by atoms with Crippen molar-refractivity contribution < 1.29 is 32.5 Å². The van der Waals surface area contributed by atoms with Crippen LogP contribution in [0.4, 0.5) is 0 Å². The summed E-state index contributed by atoms with van der Waals surface area (Å²) in [7, 11) is 1.85. The van der Waals surface area contributed by atoms with E-state index >= 15 is 0 Å². The normalized spacial score (nSPS) is 15.1.